The molecule has 1 amide bonds. The van der Waals surface area contributed by atoms with Gasteiger partial charge in [0.25, 0.3) is 5.91 Å². The molecular formula is C15H17N5OS. The van der Waals surface area contributed by atoms with Gasteiger partial charge in [-0.05, 0) is 30.9 Å². The van der Waals surface area contributed by atoms with Gasteiger partial charge < -0.3 is 5.32 Å². The number of para-hydroxylation sites is 1. The van der Waals surface area contributed by atoms with Gasteiger partial charge in [0.2, 0.25) is 9.97 Å². The summed E-state index contributed by atoms with van der Waals surface area (Å²) in [5.74, 6) is 0.783. The summed E-state index contributed by atoms with van der Waals surface area (Å²) in [6.07, 6.45) is 0. The Kier molecular flexibility index (Phi) is 3.66. The molecule has 0 fully saturated rings. The van der Waals surface area contributed by atoms with E-state index in [9.17, 15) is 4.79 Å². The standard InChI is InChI=1S/C15H17N5OS/c1-8(2)11-7-5-6-9(3)12(11)16-13(21)14-19-20-10(4)17-18-15(20)22-14/h5-8H,1-4H3,(H,16,21). The van der Waals surface area contributed by atoms with Crippen LogP contribution in [0, 0.1) is 13.8 Å². The minimum atomic E-state index is -0.217. The lowest BCUT2D eigenvalue weighted by atomic mass is 9.98. The van der Waals surface area contributed by atoms with Crippen LogP contribution in [-0.4, -0.2) is 25.7 Å². The summed E-state index contributed by atoms with van der Waals surface area (Å²) in [6, 6.07) is 6.03. The number of hydrogen-bond acceptors (Lipinski definition) is 5. The number of hydrogen-bond donors (Lipinski definition) is 1. The third-order valence-corrected chi connectivity index (χ3v) is 4.40. The summed E-state index contributed by atoms with van der Waals surface area (Å²) < 4.78 is 1.58. The number of nitrogens with one attached hydrogen (secondary N) is 1. The zero-order chi connectivity index (χ0) is 15.9. The minimum absolute atomic E-state index is 0.217. The molecular weight excluding hydrogens is 298 g/mol. The fourth-order valence-electron chi connectivity index (χ4n) is 2.32. The topological polar surface area (TPSA) is 72.2 Å². The Bertz CT molecular complexity index is 849. The Morgan fingerprint density at radius 2 is 2.05 bits per heavy atom. The van der Waals surface area contributed by atoms with Crippen molar-refractivity contribution in [2.75, 3.05) is 5.32 Å². The second-order valence-corrected chi connectivity index (χ2v) is 6.45. The van der Waals surface area contributed by atoms with Gasteiger partial charge in [-0.3, -0.25) is 4.79 Å². The number of aryl methyl sites for hydroxylation is 2. The number of carbonyl (C=O) groups is 1. The summed E-state index contributed by atoms with van der Waals surface area (Å²) in [4.78, 5) is 13.1. The van der Waals surface area contributed by atoms with Gasteiger partial charge in [-0.1, -0.05) is 43.4 Å². The predicted octanol–water partition coefficient (Wildman–Crippen LogP) is 3.18. The monoisotopic (exact) mass is 315 g/mol. The lowest BCUT2D eigenvalue weighted by Gasteiger charge is -2.15. The third kappa shape index (κ3) is 2.48. The van der Waals surface area contributed by atoms with Crippen molar-refractivity contribution in [3.05, 3.63) is 40.2 Å². The molecule has 0 saturated heterocycles. The van der Waals surface area contributed by atoms with Crippen LogP contribution in [0.5, 0.6) is 0 Å². The van der Waals surface area contributed by atoms with E-state index in [2.05, 4.69) is 34.5 Å². The summed E-state index contributed by atoms with van der Waals surface area (Å²) in [5.41, 5.74) is 3.02. The number of amides is 1. The van der Waals surface area contributed by atoms with E-state index >= 15 is 0 Å². The van der Waals surface area contributed by atoms with Gasteiger partial charge in [-0.15, -0.1) is 15.3 Å². The molecule has 0 unspecified atom stereocenters. The number of carbonyl (C=O) groups excluding carboxylic acids is 1. The molecule has 2 aromatic heterocycles. The molecule has 0 atom stereocenters. The molecule has 7 heteroatoms. The fraction of sp³-hybridized carbons (Fsp3) is 0.333. The summed E-state index contributed by atoms with van der Waals surface area (Å²) in [5, 5.41) is 15.5. The van der Waals surface area contributed by atoms with E-state index in [-0.39, 0.29) is 5.91 Å². The Labute approximate surface area is 132 Å². The van der Waals surface area contributed by atoms with Gasteiger partial charge in [0, 0.05) is 5.69 Å². The smallest absolute Gasteiger partial charge is 0.286 e. The van der Waals surface area contributed by atoms with Gasteiger partial charge in [0.05, 0.1) is 0 Å². The van der Waals surface area contributed by atoms with Crippen LogP contribution in [0.1, 0.15) is 46.5 Å². The fourth-order valence-corrected chi connectivity index (χ4v) is 3.10. The number of benzene rings is 1. The largest absolute Gasteiger partial charge is 0.319 e. The summed E-state index contributed by atoms with van der Waals surface area (Å²) in [7, 11) is 0. The normalized spacial score (nSPS) is 11.3. The molecule has 2 heterocycles. The molecule has 0 radical (unpaired) electrons. The van der Waals surface area contributed by atoms with Crippen LogP contribution in [0.3, 0.4) is 0 Å². The number of nitrogens with zero attached hydrogens (tertiary/aromatic N) is 4. The van der Waals surface area contributed by atoms with Crippen LogP contribution in [0.2, 0.25) is 0 Å². The SMILES string of the molecule is Cc1cccc(C(C)C)c1NC(=O)c1nn2c(C)nnc2s1. The highest BCUT2D eigenvalue weighted by atomic mass is 32.1. The molecule has 0 bridgehead atoms. The molecule has 114 valence electrons. The maximum atomic E-state index is 12.5. The van der Waals surface area contributed by atoms with Gasteiger partial charge in [0.1, 0.15) is 0 Å². The van der Waals surface area contributed by atoms with E-state index in [1.54, 1.807) is 11.4 Å². The number of aromatic nitrogens is 4. The van der Waals surface area contributed by atoms with E-state index in [4.69, 9.17) is 0 Å². The first kappa shape index (κ1) is 14.6. The first-order valence-corrected chi connectivity index (χ1v) is 7.88. The Hall–Kier alpha value is -2.28. The highest BCUT2D eigenvalue weighted by Gasteiger charge is 2.18. The van der Waals surface area contributed by atoms with E-state index in [0.717, 1.165) is 16.8 Å². The van der Waals surface area contributed by atoms with Crippen molar-refractivity contribution >= 4 is 27.9 Å². The third-order valence-electron chi connectivity index (χ3n) is 3.51. The van der Waals surface area contributed by atoms with E-state index in [1.807, 2.05) is 25.1 Å². The first-order valence-electron chi connectivity index (χ1n) is 7.07. The van der Waals surface area contributed by atoms with Crippen LogP contribution in [-0.2, 0) is 0 Å². The maximum absolute atomic E-state index is 12.5. The molecule has 3 aromatic rings. The maximum Gasteiger partial charge on any atom is 0.286 e. The molecule has 3 rings (SSSR count). The zero-order valence-corrected chi connectivity index (χ0v) is 13.7. The van der Waals surface area contributed by atoms with Crippen molar-refractivity contribution in [1.82, 2.24) is 19.8 Å². The van der Waals surface area contributed by atoms with E-state index < -0.39 is 0 Å². The lowest BCUT2D eigenvalue weighted by molar-refractivity contribution is 0.102. The second kappa shape index (κ2) is 5.49. The summed E-state index contributed by atoms with van der Waals surface area (Å²) >= 11 is 1.23. The van der Waals surface area contributed by atoms with Crippen molar-refractivity contribution in [1.29, 1.82) is 0 Å². The molecule has 22 heavy (non-hydrogen) atoms. The van der Waals surface area contributed by atoms with Gasteiger partial charge in [-0.25, -0.2) is 0 Å². The molecule has 1 aromatic carbocycles. The molecule has 1 N–H and O–H groups in total. The Morgan fingerprint density at radius 3 is 2.73 bits per heavy atom. The highest BCUT2D eigenvalue weighted by molar-refractivity contribution is 7.18. The van der Waals surface area contributed by atoms with Gasteiger partial charge in [0.15, 0.2) is 5.82 Å². The predicted molar refractivity (Wildman–Crippen MR) is 86.6 cm³/mol. The zero-order valence-electron chi connectivity index (χ0n) is 12.9. The van der Waals surface area contributed by atoms with E-state index in [0.29, 0.717) is 21.7 Å². The molecule has 6 nitrogen and oxygen atoms in total. The van der Waals surface area contributed by atoms with Crippen molar-refractivity contribution in [3.8, 4) is 0 Å². The lowest BCUT2D eigenvalue weighted by Crippen LogP contribution is -2.15. The molecule has 0 aliphatic rings. The summed E-state index contributed by atoms with van der Waals surface area (Å²) in [6.45, 7) is 8.01. The molecule has 0 aliphatic carbocycles. The van der Waals surface area contributed by atoms with Crippen molar-refractivity contribution < 1.29 is 4.79 Å². The van der Waals surface area contributed by atoms with Crippen LogP contribution in [0.15, 0.2) is 18.2 Å². The van der Waals surface area contributed by atoms with E-state index in [1.165, 1.54) is 11.3 Å². The quantitative estimate of drug-likeness (QED) is 0.805. The van der Waals surface area contributed by atoms with Crippen LogP contribution >= 0.6 is 11.3 Å². The number of fused-ring (bicyclic) bond motifs is 1. The van der Waals surface area contributed by atoms with Crippen molar-refractivity contribution in [2.24, 2.45) is 0 Å². The minimum Gasteiger partial charge on any atom is -0.319 e. The van der Waals surface area contributed by atoms with Crippen molar-refractivity contribution in [2.45, 2.75) is 33.6 Å². The van der Waals surface area contributed by atoms with Crippen LogP contribution < -0.4 is 5.32 Å². The van der Waals surface area contributed by atoms with Crippen molar-refractivity contribution in [3.63, 3.8) is 0 Å². The Balaban J connectivity index is 1.94. The Morgan fingerprint density at radius 1 is 1.27 bits per heavy atom. The average Bonchev–Trinajstić information content (AvgIpc) is 3.03. The van der Waals surface area contributed by atoms with Gasteiger partial charge >= 0.3 is 0 Å². The molecule has 0 aliphatic heterocycles. The van der Waals surface area contributed by atoms with Crippen LogP contribution in [0.4, 0.5) is 5.69 Å². The highest BCUT2D eigenvalue weighted by Crippen LogP contribution is 2.28. The second-order valence-electron chi connectivity index (χ2n) is 5.50. The van der Waals surface area contributed by atoms with Crippen LogP contribution in [0.25, 0.3) is 4.96 Å². The average molecular weight is 315 g/mol. The number of anilines is 1. The molecule has 0 spiro atoms. The molecule has 0 saturated carbocycles. The first-order chi connectivity index (χ1) is 10.5. The number of rotatable bonds is 3. The van der Waals surface area contributed by atoms with Gasteiger partial charge in [-0.2, -0.15) is 4.52 Å².